The van der Waals surface area contributed by atoms with Gasteiger partial charge in [0.25, 0.3) is 0 Å². The average molecular weight is 257 g/mol. The molecule has 96 valence electrons. The van der Waals surface area contributed by atoms with Gasteiger partial charge in [-0.25, -0.2) is 0 Å². The lowest BCUT2D eigenvalue weighted by molar-refractivity contribution is 0.259. The average Bonchev–Trinajstić information content (AvgIpc) is 2.98. The molecule has 1 fully saturated rings. The van der Waals surface area contributed by atoms with E-state index in [1.54, 1.807) is 0 Å². The second-order valence-corrected chi connectivity index (χ2v) is 5.67. The number of rotatable bonds is 6. The summed E-state index contributed by atoms with van der Waals surface area (Å²) >= 11 is 1.90. The van der Waals surface area contributed by atoms with Crippen molar-refractivity contribution in [2.75, 3.05) is 6.61 Å². The molecular weight excluding hydrogens is 238 g/mol. The van der Waals surface area contributed by atoms with Gasteiger partial charge in [-0.05, 0) is 19.3 Å². The molecule has 1 atom stereocenters. The van der Waals surface area contributed by atoms with Crippen LogP contribution >= 0.6 is 11.8 Å². The van der Waals surface area contributed by atoms with Gasteiger partial charge in [-0.2, -0.15) is 16.7 Å². The smallest absolute Gasteiger partial charge is 0.243 e. The van der Waals surface area contributed by atoms with Gasteiger partial charge in [-0.1, -0.05) is 18.0 Å². The second-order valence-electron chi connectivity index (χ2n) is 4.39. The van der Waals surface area contributed by atoms with Crippen molar-refractivity contribution >= 4 is 11.8 Å². The number of thioether (sulfide) groups is 1. The SMILES string of the molecule is NC(CCO)c1nc(CSC2CCCC2)no1. The molecule has 1 aromatic rings. The Hall–Kier alpha value is -0.590. The van der Waals surface area contributed by atoms with Gasteiger partial charge < -0.3 is 15.4 Å². The first-order valence-electron chi connectivity index (χ1n) is 6.10. The Bertz CT molecular complexity index is 339. The van der Waals surface area contributed by atoms with E-state index in [1.165, 1.54) is 25.7 Å². The molecule has 0 aromatic carbocycles. The number of nitrogens with two attached hydrogens (primary N) is 1. The van der Waals surface area contributed by atoms with Crippen LogP contribution in [0.1, 0.15) is 49.9 Å². The monoisotopic (exact) mass is 257 g/mol. The highest BCUT2D eigenvalue weighted by atomic mass is 32.2. The van der Waals surface area contributed by atoms with Crippen molar-refractivity contribution in [1.29, 1.82) is 0 Å². The molecule has 0 radical (unpaired) electrons. The Balaban J connectivity index is 1.80. The van der Waals surface area contributed by atoms with E-state index in [2.05, 4.69) is 10.1 Å². The summed E-state index contributed by atoms with van der Waals surface area (Å²) in [7, 11) is 0. The Morgan fingerprint density at radius 2 is 2.24 bits per heavy atom. The molecule has 1 aliphatic carbocycles. The van der Waals surface area contributed by atoms with Gasteiger partial charge in [0, 0.05) is 11.9 Å². The Morgan fingerprint density at radius 1 is 1.47 bits per heavy atom. The molecule has 0 saturated heterocycles. The first-order valence-corrected chi connectivity index (χ1v) is 7.15. The highest BCUT2D eigenvalue weighted by Crippen LogP contribution is 2.31. The Morgan fingerprint density at radius 3 is 2.94 bits per heavy atom. The van der Waals surface area contributed by atoms with Gasteiger partial charge >= 0.3 is 0 Å². The fraction of sp³-hybridized carbons (Fsp3) is 0.818. The van der Waals surface area contributed by atoms with Gasteiger partial charge in [-0.3, -0.25) is 0 Å². The normalized spacial score (nSPS) is 18.7. The zero-order chi connectivity index (χ0) is 12.1. The van der Waals surface area contributed by atoms with Crippen molar-refractivity contribution in [3.05, 3.63) is 11.7 Å². The minimum Gasteiger partial charge on any atom is -0.396 e. The quantitative estimate of drug-likeness (QED) is 0.805. The van der Waals surface area contributed by atoms with Crippen LogP contribution < -0.4 is 5.73 Å². The van der Waals surface area contributed by atoms with Gasteiger partial charge in [0.2, 0.25) is 5.89 Å². The van der Waals surface area contributed by atoms with Crippen molar-refractivity contribution in [1.82, 2.24) is 10.1 Å². The fourth-order valence-corrected chi connectivity index (χ4v) is 3.16. The summed E-state index contributed by atoms with van der Waals surface area (Å²) in [5.41, 5.74) is 5.77. The first-order chi connectivity index (χ1) is 8.29. The van der Waals surface area contributed by atoms with Gasteiger partial charge in [0.15, 0.2) is 5.82 Å². The fourth-order valence-electron chi connectivity index (χ4n) is 1.99. The lowest BCUT2D eigenvalue weighted by atomic mass is 10.2. The van der Waals surface area contributed by atoms with Gasteiger partial charge in [0.05, 0.1) is 11.8 Å². The summed E-state index contributed by atoms with van der Waals surface area (Å²) in [5, 5.41) is 13.4. The molecule has 3 N–H and O–H groups in total. The topological polar surface area (TPSA) is 85.2 Å². The molecule has 0 aliphatic heterocycles. The molecule has 0 amide bonds. The molecule has 1 saturated carbocycles. The summed E-state index contributed by atoms with van der Waals surface area (Å²) in [6.07, 6.45) is 5.75. The zero-order valence-corrected chi connectivity index (χ0v) is 10.7. The van der Waals surface area contributed by atoms with Crippen LogP contribution in [-0.4, -0.2) is 27.1 Å². The summed E-state index contributed by atoms with van der Waals surface area (Å²) in [6.45, 7) is 0.0374. The van der Waals surface area contributed by atoms with Crippen LogP contribution in [0, 0.1) is 0 Å². The second kappa shape index (κ2) is 6.37. The maximum atomic E-state index is 8.78. The van der Waals surface area contributed by atoms with Crippen LogP contribution in [-0.2, 0) is 5.75 Å². The molecule has 6 heteroatoms. The third kappa shape index (κ3) is 3.69. The number of hydrogen-bond acceptors (Lipinski definition) is 6. The zero-order valence-electron chi connectivity index (χ0n) is 9.84. The summed E-state index contributed by atoms with van der Waals surface area (Å²) in [6, 6.07) is -0.349. The van der Waals surface area contributed by atoms with Crippen LogP contribution in [0.4, 0.5) is 0 Å². The molecule has 5 nitrogen and oxygen atoms in total. The van der Waals surface area contributed by atoms with Crippen molar-refractivity contribution in [2.24, 2.45) is 5.73 Å². The molecule has 1 heterocycles. The van der Waals surface area contributed by atoms with Gasteiger partial charge in [0.1, 0.15) is 0 Å². The largest absolute Gasteiger partial charge is 0.396 e. The molecule has 2 rings (SSSR count). The predicted molar refractivity (Wildman–Crippen MR) is 66.5 cm³/mol. The summed E-state index contributed by atoms with van der Waals surface area (Å²) in [5.74, 6) is 1.94. The number of aromatic nitrogens is 2. The van der Waals surface area contributed by atoms with Crippen LogP contribution in [0.25, 0.3) is 0 Å². The maximum Gasteiger partial charge on any atom is 0.243 e. The van der Waals surface area contributed by atoms with E-state index in [-0.39, 0.29) is 12.6 Å². The van der Waals surface area contributed by atoms with Crippen LogP contribution in [0.3, 0.4) is 0 Å². The van der Waals surface area contributed by atoms with Crippen molar-refractivity contribution in [3.63, 3.8) is 0 Å². The maximum absolute atomic E-state index is 8.78. The van der Waals surface area contributed by atoms with E-state index < -0.39 is 0 Å². The van der Waals surface area contributed by atoms with Crippen molar-refractivity contribution < 1.29 is 9.63 Å². The minimum absolute atomic E-state index is 0.0374. The number of hydrogen-bond donors (Lipinski definition) is 2. The van der Waals surface area contributed by atoms with E-state index >= 15 is 0 Å². The van der Waals surface area contributed by atoms with E-state index in [0.717, 1.165) is 11.0 Å². The van der Waals surface area contributed by atoms with E-state index in [4.69, 9.17) is 15.4 Å². The van der Waals surface area contributed by atoms with E-state index in [1.807, 2.05) is 11.8 Å². The highest BCUT2D eigenvalue weighted by Gasteiger charge is 2.18. The van der Waals surface area contributed by atoms with E-state index in [0.29, 0.717) is 18.1 Å². The van der Waals surface area contributed by atoms with Crippen LogP contribution in [0.5, 0.6) is 0 Å². The van der Waals surface area contributed by atoms with Crippen molar-refractivity contribution in [3.8, 4) is 0 Å². The molecule has 0 spiro atoms. The molecule has 1 aromatic heterocycles. The number of nitrogens with zero attached hydrogens (tertiary/aromatic N) is 2. The van der Waals surface area contributed by atoms with Gasteiger partial charge in [-0.15, -0.1) is 0 Å². The Kier molecular flexibility index (Phi) is 4.82. The molecule has 0 bridgehead atoms. The van der Waals surface area contributed by atoms with Crippen molar-refractivity contribution in [2.45, 2.75) is 49.1 Å². The first kappa shape index (κ1) is 12.9. The molecule has 1 unspecified atom stereocenters. The number of aliphatic hydroxyl groups excluding tert-OH is 1. The Labute approximate surface area is 105 Å². The lowest BCUT2D eigenvalue weighted by Crippen LogP contribution is -2.12. The minimum atomic E-state index is -0.349. The van der Waals surface area contributed by atoms with E-state index in [9.17, 15) is 0 Å². The van der Waals surface area contributed by atoms with Crippen LogP contribution in [0.2, 0.25) is 0 Å². The summed E-state index contributed by atoms with van der Waals surface area (Å²) in [4.78, 5) is 4.26. The van der Waals surface area contributed by atoms with Crippen LogP contribution in [0.15, 0.2) is 4.52 Å². The number of aliphatic hydroxyl groups is 1. The summed E-state index contributed by atoms with van der Waals surface area (Å²) < 4.78 is 5.08. The third-order valence-corrected chi connectivity index (χ3v) is 4.36. The molecule has 1 aliphatic rings. The predicted octanol–water partition coefficient (Wildman–Crippen LogP) is 1.63. The lowest BCUT2D eigenvalue weighted by Gasteiger charge is -2.05. The molecule has 17 heavy (non-hydrogen) atoms. The molecular formula is C11H19N3O2S. The standard InChI is InChI=1S/C11H19N3O2S/c12-9(5-6-15)11-13-10(14-16-11)7-17-8-3-1-2-4-8/h8-9,15H,1-7,12H2. The third-order valence-electron chi connectivity index (χ3n) is 2.99. The highest BCUT2D eigenvalue weighted by molar-refractivity contribution is 7.99.